The highest BCUT2D eigenvalue weighted by Gasteiger charge is 2.34. The molecule has 0 aromatic heterocycles. The molecule has 0 unspecified atom stereocenters. The van der Waals surface area contributed by atoms with E-state index in [9.17, 15) is 14.4 Å². The van der Waals surface area contributed by atoms with Crippen LogP contribution < -0.4 is 16.0 Å². The molecule has 0 heterocycles. The molecule has 0 amide bonds. The molecule has 0 bridgehead atoms. The quantitative estimate of drug-likeness (QED) is 0.0313. The van der Waals surface area contributed by atoms with E-state index in [4.69, 9.17) is 14.2 Å². The van der Waals surface area contributed by atoms with Crippen LogP contribution in [0.1, 0.15) is 240 Å². The fraction of sp³-hybridized carbons (Fsp3) is 0.940. The van der Waals surface area contributed by atoms with E-state index in [-0.39, 0.29) is 57.1 Å². The van der Waals surface area contributed by atoms with Crippen molar-refractivity contribution in [2.75, 3.05) is 59.1 Å². The van der Waals surface area contributed by atoms with Crippen LogP contribution in [0, 0.1) is 5.41 Å². The van der Waals surface area contributed by atoms with Crippen LogP contribution in [0.5, 0.6) is 0 Å². The molecule has 0 aromatic carbocycles. The van der Waals surface area contributed by atoms with Crippen molar-refractivity contribution in [1.29, 1.82) is 0 Å². The van der Waals surface area contributed by atoms with E-state index in [0.717, 1.165) is 45.3 Å². The topological polar surface area (TPSA) is 115 Å². The average Bonchev–Trinajstić information content (AvgIpc) is 3.24. The monoisotopic (exact) mass is 838 g/mol. The van der Waals surface area contributed by atoms with Crippen molar-refractivity contribution in [3.05, 3.63) is 0 Å². The molecule has 0 rings (SSSR count). The van der Waals surface area contributed by atoms with Crippen LogP contribution in [0.2, 0.25) is 0 Å². The predicted molar refractivity (Wildman–Crippen MR) is 249 cm³/mol. The number of nitrogens with one attached hydrogen (secondary N) is 3. The Balaban J connectivity index is 4.57. The normalized spacial score (nSPS) is 11.6. The largest absolute Gasteiger partial charge is 0.465 e. The Kier molecular flexibility index (Phi) is 44.5. The van der Waals surface area contributed by atoms with Crippen molar-refractivity contribution < 1.29 is 28.6 Å². The molecule has 0 saturated carbocycles. The number of esters is 3. The molecule has 3 N–H and O–H groups in total. The molecule has 0 aliphatic rings. The zero-order chi connectivity index (χ0) is 43.2. The molecular weight excluding hydrogens is 739 g/mol. The summed E-state index contributed by atoms with van der Waals surface area (Å²) in [6.45, 7) is 12.7. The smallest absolute Gasteiger partial charge is 0.319 e. The first kappa shape index (κ1) is 57.3. The van der Waals surface area contributed by atoms with Crippen LogP contribution >= 0.6 is 0 Å². The van der Waals surface area contributed by atoms with E-state index in [2.05, 4.69) is 36.7 Å². The lowest BCUT2D eigenvalue weighted by atomic mass is 9.88. The summed E-state index contributed by atoms with van der Waals surface area (Å²) in [4.78, 5) is 38.3. The third-order valence-corrected chi connectivity index (χ3v) is 11.8. The number of hydrogen-bond donors (Lipinski definition) is 3. The van der Waals surface area contributed by atoms with E-state index in [1.54, 1.807) is 0 Å². The van der Waals surface area contributed by atoms with Crippen LogP contribution in [0.15, 0.2) is 0 Å². The maximum atomic E-state index is 12.8. The van der Waals surface area contributed by atoms with Crippen molar-refractivity contribution in [1.82, 2.24) is 16.0 Å². The van der Waals surface area contributed by atoms with Gasteiger partial charge < -0.3 is 30.2 Å². The molecule has 0 aromatic rings. The summed E-state index contributed by atoms with van der Waals surface area (Å²) in [5, 5.41) is 9.98. The van der Waals surface area contributed by atoms with Gasteiger partial charge in [0.05, 0.1) is 24.8 Å². The Hall–Kier alpha value is -1.71. The summed E-state index contributed by atoms with van der Waals surface area (Å²) in [6.07, 6.45) is 39.9. The summed E-state index contributed by atoms with van der Waals surface area (Å²) >= 11 is 0. The van der Waals surface area contributed by atoms with Crippen molar-refractivity contribution in [3.8, 4) is 0 Å². The van der Waals surface area contributed by atoms with Gasteiger partial charge in [-0.3, -0.25) is 14.4 Å². The number of unbranched alkanes of at least 4 members (excludes halogenated alkanes) is 27. The van der Waals surface area contributed by atoms with Crippen molar-refractivity contribution in [2.24, 2.45) is 5.41 Å². The second-order valence-corrected chi connectivity index (χ2v) is 17.6. The van der Waals surface area contributed by atoms with Gasteiger partial charge in [-0.15, -0.1) is 0 Å². The highest BCUT2D eigenvalue weighted by atomic mass is 16.6. The summed E-state index contributed by atoms with van der Waals surface area (Å²) in [5.41, 5.74) is -0.801. The highest BCUT2D eigenvalue weighted by molar-refractivity contribution is 5.72. The van der Waals surface area contributed by atoms with Crippen LogP contribution in [-0.2, 0) is 28.6 Å². The molecule has 0 fully saturated rings. The average molecular weight is 838 g/mol. The van der Waals surface area contributed by atoms with Gasteiger partial charge in [0.15, 0.2) is 0 Å². The van der Waals surface area contributed by atoms with Crippen molar-refractivity contribution in [2.45, 2.75) is 240 Å². The minimum absolute atomic E-state index is 0.0246. The van der Waals surface area contributed by atoms with E-state index in [0.29, 0.717) is 19.5 Å². The third kappa shape index (κ3) is 41.4. The molecule has 0 aliphatic carbocycles. The third-order valence-electron chi connectivity index (χ3n) is 11.8. The van der Waals surface area contributed by atoms with Gasteiger partial charge in [0.1, 0.15) is 19.8 Å². The van der Waals surface area contributed by atoms with Crippen LogP contribution in [0.3, 0.4) is 0 Å². The summed E-state index contributed by atoms with van der Waals surface area (Å²) in [5.74, 6) is -0.948. The molecule has 59 heavy (non-hydrogen) atoms. The maximum absolute atomic E-state index is 12.8. The predicted octanol–water partition coefficient (Wildman–Crippen LogP) is 12.3. The van der Waals surface area contributed by atoms with Gasteiger partial charge >= 0.3 is 17.9 Å². The minimum atomic E-state index is -0.801. The van der Waals surface area contributed by atoms with Gasteiger partial charge in [-0.1, -0.05) is 201 Å². The van der Waals surface area contributed by atoms with Gasteiger partial charge in [-0.2, -0.15) is 0 Å². The first-order valence-electron chi connectivity index (χ1n) is 25.5. The van der Waals surface area contributed by atoms with E-state index in [1.165, 1.54) is 167 Å². The Bertz CT molecular complexity index is 873. The lowest BCUT2D eigenvalue weighted by Gasteiger charge is -2.31. The van der Waals surface area contributed by atoms with Gasteiger partial charge in [-0.05, 0) is 45.3 Å². The number of carbonyl (C=O) groups is 3. The second kappa shape index (κ2) is 45.8. The van der Waals surface area contributed by atoms with Crippen molar-refractivity contribution in [3.63, 3.8) is 0 Å². The summed E-state index contributed by atoms with van der Waals surface area (Å²) < 4.78 is 17.2. The Morgan fingerprint density at radius 2 is 0.610 bits per heavy atom. The first-order chi connectivity index (χ1) is 28.9. The van der Waals surface area contributed by atoms with Crippen molar-refractivity contribution >= 4 is 17.9 Å². The number of ether oxygens (including phenoxy) is 3. The zero-order valence-electron chi connectivity index (χ0n) is 39.6. The molecule has 0 radical (unpaired) electrons. The molecular formula is C50H99N3O6. The van der Waals surface area contributed by atoms with E-state index < -0.39 is 5.41 Å². The highest BCUT2D eigenvalue weighted by Crippen LogP contribution is 2.25. The Labute approximate surface area is 365 Å². The van der Waals surface area contributed by atoms with Crippen LogP contribution in [0.25, 0.3) is 0 Å². The molecule has 350 valence electrons. The molecule has 0 saturated heterocycles. The molecule has 0 spiro atoms. The second-order valence-electron chi connectivity index (χ2n) is 17.6. The molecule has 0 aliphatic heterocycles. The van der Waals surface area contributed by atoms with E-state index in [1.807, 2.05) is 6.92 Å². The summed E-state index contributed by atoms with van der Waals surface area (Å²) in [6, 6.07) is 0. The molecule has 9 heteroatoms. The molecule has 9 nitrogen and oxygen atoms in total. The van der Waals surface area contributed by atoms with Gasteiger partial charge in [0.25, 0.3) is 0 Å². The minimum Gasteiger partial charge on any atom is -0.465 e. The standard InChI is InChI=1S/C50H99N3O6/c1-5-9-12-15-18-21-24-27-30-33-38-51-41-36-47(54)57-44-50(8-4,46-59-49(56)43-53-40-35-32-29-26-23-20-17-14-11-7-3)45-58-48(55)37-42-52-39-34-31-28-25-22-19-16-13-10-6-2/h51-53H,5-46H2,1-4H3. The fourth-order valence-corrected chi connectivity index (χ4v) is 7.36. The van der Waals surface area contributed by atoms with Gasteiger partial charge in [-0.25, -0.2) is 0 Å². The number of rotatable bonds is 48. The van der Waals surface area contributed by atoms with E-state index >= 15 is 0 Å². The first-order valence-corrected chi connectivity index (χ1v) is 25.5. The Morgan fingerprint density at radius 3 is 0.915 bits per heavy atom. The fourth-order valence-electron chi connectivity index (χ4n) is 7.36. The SMILES string of the molecule is CCCCCCCCCCCCNCCC(=O)OCC(CC)(COC(=O)CCNCCCCCCCCCCCC)COC(=O)CNCCCCCCCCCCCC. The number of hydrogen-bond acceptors (Lipinski definition) is 9. The molecule has 0 atom stereocenters. The number of carbonyl (C=O) groups excluding carboxylic acids is 3. The lowest BCUT2D eigenvalue weighted by Crippen LogP contribution is -2.40. The lowest BCUT2D eigenvalue weighted by molar-refractivity contribution is -0.161. The summed E-state index contributed by atoms with van der Waals surface area (Å²) in [7, 11) is 0. The maximum Gasteiger partial charge on any atom is 0.319 e. The zero-order valence-corrected chi connectivity index (χ0v) is 39.6. The Morgan fingerprint density at radius 1 is 0.339 bits per heavy atom. The van der Waals surface area contributed by atoms with Crippen LogP contribution in [-0.4, -0.2) is 77.0 Å². The van der Waals surface area contributed by atoms with Gasteiger partial charge in [0, 0.05) is 13.1 Å². The van der Waals surface area contributed by atoms with Gasteiger partial charge in [0.2, 0.25) is 0 Å². The van der Waals surface area contributed by atoms with Crippen LogP contribution in [0.4, 0.5) is 0 Å².